The molecule has 2 aliphatic heterocycles. The lowest BCUT2D eigenvalue weighted by Crippen LogP contribution is -2.53. The molecule has 8 heteroatoms. The molecule has 2 heterocycles. The number of nitrogens with zero attached hydrogens (tertiary/aromatic N) is 2. The van der Waals surface area contributed by atoms with Crippen molar-refractivity contribution in [3.63, 3.8) is 0 Å². The van der Waals surface area contributed by atoms with Gasteiger partial charge in [-0.2, -0.15) is 0 Å². The van der Waals surface area contributed by atoms with Crippen LogP contribution in [0.3, 0.4) is 0 Å². The van der Waals surface area contributed by atoms with Crippen LogP contribution in [0.25, 0.3) is 0 Å². The van der Waals surface area contributed by atoms with Gasteiger partial charge in [0.25, 0.3) is 0 Å². The summed E-state index contributed by atoms with van der Waals surface area (Å²) in [4.78, 5) is 43.8. The Balaban J connectivity index is 1.54. The van der Waals surface area contributed by atoms with Gasteiger partial charge in [-0.15, -0.1) is 0 Å². The van der Waals surface area contributed by atoms with Gasteiger partial charge in [-0.05, 0) is 56.9 Å². The standard InChI is InChI=1S/C31H40FN3O4/c1-21-6-8-22(9-7-21)18-39-19-24(16-27(36)30(2,3)33)28(37)35-15-5-14-31(20-35)26(17-34(4)29(31)38)23-10-12-25(32)13-11-23/h6-13,24,26H,5,14-20,33H2,1-4H3/t24-,26?,31?/m1/s1. The number of halogens is 1. The minimum atomic E-state index is -1.07. The van der Waals surface area contributed by atoms with E-state index in [1.807, 2.05) is 31.2 Å². The van der Waals surface area contributed by atoms with Crippen molar-refractivity contribution in [2.75, 3.05) is 33.3 Å². The fourth-order valence-corrected chi connectivity index (χ4v) is 5.88. The van der Waals surface area contributed by atoms with E-state index in [1.54, 1.807) is 42.8 Å². The molecule has 0 saturated carbocycles. The SMILES string of the molecule is Cc1ccc(COC[C@@H](CC(=O)C(C)(C)N)C(=O)N2CCCC3(C2)C(=O)N(C)CC3c2ccc(F)cc2)cc1. The van der Waals surface area contributed by atoms with Crippen molar-refractivity contribution < 1.29 is 23.5 Å². The first kappa shape index (κ1) is 28.9. The molecular weight excluding hydrogens is 497 g/mol. The van der Waals surface area contributed by atoms with E-state index in [1.165, 1.54) is 12.1 Å². The number of ketones is 1. The summed E-state index contributed by atoms with van der Waals surface area (Å²) in [5.74, 6) is -1.61. The van der Waals surface area contributed by atoms with Gasteiger partial charge in [0.15, 0.2) is 5.78 Å². The summed E-state index contributed by atoms with van der Waals surface area (Å²) in [5, 5.41) is 0. The molecule has 7 nitrogen and oxygen atoms in total. The van der Waals surface area contributed by atoms with Crippen molar-refractivity contribution in [1.29, 1.82) is 0 Å². The highest BCUT2D eigenvalue weighted by molar-refractivity contribution is 5.92. The van der Waals surface area contributed by atoms with E-state index in [-0.39, 0.29) is 48.9 Å². The molecule has 0 aliphatic carbocycles. The molecule has 2 unspecified atom stereocenters. The van der Waals surface area contributed by atoms with Crippen LogP contribution in [0.2, 0.25) is 0 Å². The third kappa shape index (κ3) is 6.39. The predicted molar refractivity (Wildman–Crippen MR) is 147 cm³/mol. The Morgan fingerprint density at radius 2 is 1.82 bits per heavy atom. The summed E-state index contributed by atoms with van der Waals surface area (Å²) in [6.07, 6.45) is 1.27. The van der Waals surface area contributed by atoms with Gasteiger partial charge < -0.3 is 20.3 Å². The Morgan fingerprint density at radius 3 is 2.46 bits per heavy atom. The number of likely N-dealkylation sites (N-methyl/N-ethyl adjacent to an activating group) is 1. The van der Waals surface area contributed by atoms with Gasteiger partial charge in [0.1, 0.15) is 5.82 Å². The van der Waals surface area contributed by atoms with E-state index in [2.05, 4.69) is 0 Å². The largest absolute Gasteiger partial charge is 0.376 e. The highest BCUT2D eigenvalue weighted by Gasteiger charge is 2.55. The fraction of sp³-hybridized carbons (Fsp3) is 0.516. The van der Waals surface area contributed by atoms with Crippen LogP contribution in [0, 0.1) is 24.1 Å². The maximum atomic E-state index is 13.9. The first-order valence-corrected chi connectivity index (χ1v) is 13.7. The number of likely N-dealkylation sites (tertiary alicyclic amines) is 2. The molecule has 2 saturated heterocycles. The summed E-state index contributed by atoms with van der Waals surface area (Å²) < 4.78 is 19.6. The van der Waals surface area contributed by atoms with Crippen LogP contribution < -0.4 is 5.73 Å². The second-order valence-corrected chi connectivity index (χ2v) is 11.9. The summed E-state index contributed by atoms with van der Waals surface area (Å²) in [5.41, 5.74) is 7.23. The monoisotopic (exact) mass is 537 g/mol. The first-order valence-electron chi connectivity index (χ1n) is 13.7. The zero-order valence-corrected chi connectivity index (χ0v) is 23.4. The third-order valence-corrected chi connectivity index (χ3v) is 8.21. The minimum Gasteiger partial charge on any atom is -0.376 e. The topological polar surface area (TPSA) is 92.9 Å². The van der Waals surface area contributed by atoms with Crippen molar-refractivity contribution in [3.05, 3.63) is 71.0 Å². The van der Waals surface area contributed by atoms with Crippen molar-refractivity contribution in [1.82, 2.24) is 9.80 Å². The highest BCUT2D eigenvalue weighted by Crippen LogP contribution is 2.49. The molecule has 0 radical (unpaired) electrons. The van der Waals surface area contributed by atoms with Crippen LogP contribution in [0.5, 0.6) is 0 Å². The molecule has 3 atom stereocenters. The van der Waals surface area contributed by atoms with E-state index in [9.17, 15) is 18.8 Å². The zero-order chi connectivity index (χ0) is 28.4. The van der Waals surface area contributed by atoms with Gasteiger partial charge in [-0.1, -0.05) is 42.0 Å². The van der Waals surface area contributed by atoms with Crippen LogP contribution >= 0.6 is 0 Å². The summed E-state index contributed by atoms with van der Waals surface area (Å²) in [6.45, 7) is 6.96. The normalized spacial score (nSPS) is 22.4. The molecule has 0 aromatic heterocycles. The summed E-state index contributed by atoms with van der Waals surface area (Å²) >= 11 is 0. The van der Waals surface area contributed by atoms with Crippen molar-refractivity contribution in [2.45, 2.75) is 58.1 Å². The van der Waals surface area contributed by atoms with E-state index >= 15 is 0 Å². The molecule has 39 heavy (non-hydrogen) atoms. The Bertz CT molecular complexity index is 1190. The number of rotatable bonds is 9. The quantitative estimate of drug-likeness (QED) is 0.525. The predicted octanol–water partition coefficient (Wildman–Crippen LogP) is 3.83. The van der Waals surface area contributed by atoms with Gasteiger partial charge in [-0.3, -0.25) is 14.4 Å². The van der Waals surface area contributed by atoms with E-state index in [4.69, 9.17) is 10.5 Å². The molecule has 1 spiro atoms. The Morgan fingerprint density at radius 1 is 1.15 bits per heavy atom. The molecule has 2 aliphatic rings. The smallest absolute Gasteiger partial charge is 0.231 e. The number of Topliss-reactive ketones (excluding diaryl/α,β-unsaturated/α-hetero) is 1. The number of amides is 2. The lowest BCUT2D eigenvalue weighted by atomic mass is 9.69. The second kappa shape index (κ2) is 11.6. The number of piperidine rings is 1. The van der Waals surface area contributed by atoms with E-state index < -0.39 is 16.9 Å². The summed E-state index contributed by atoms with van der Waals surface area (Å²) in [6, 6.07) is 14.3. The van der Waals surface area contributed by atoms with Gasteiger partial charge >= 0.3 is 0 Å². The van der Waals surface area contributed by atoms with E-state index in [0.29, 0.717) is 32.5 Å². The van der Waals surface area contributed by atoms with Crippen LogP contribution in [-0.4, -0.2) is 66.2 Å². The van der Waals surface area contributed by atoms with Crippen molar-refractivity contribution >= 4 is 17.6 Å². The number of carbonyl (C=O) groups is 3. The first-order chi connectivity index (χ1) is 18.4. The lowest BCUT2D eigenvalue weighted by molar-refractivity contribution is -0.148. The molecule has 2 aromatic carbocycles. The Hall–Kier alpha value is -3.10. The number of hydrogen-bond acceptors (Lipinski definition) is 5. The van der Waals surface area contributed by atoms with Gasteiger partial charge in [0.2, 0.25) is 11.8 Å². The van der Waals surface area contributed by atoms with E-state index in [0.717, 1.165) is 16.7 Å². The molecule has 0 bridgehead atoms. The molecule has 2 amide bonds. The maximum absolute atomic E-state index is 13.9. The summed E-state index contributed by atoms with van der Waals surface area (Å²) in [7, 11) is 1.78. The molecule has 4 rings (SSSR count). The number of ether oxygens (including phenoxy) is 1. The van der Waals surface area contributed by atoms with Crippen LogP contribution in [0.15, 0.2) is 48.5 Å². The van der Waals surface area contributed by atoms with Crippen molar-refractivity contribution in [2.24, 2.45) is 17.1 Å². The molecular formula is C31H40FN3O4. The van der Waals surface area contributed by atoms with Gasteiger partial charge in [0, 0.05) is 39.0 Å². The van der Waals surface area contributed by atoms with Crippen LogP contribution in [-0.2, 0) is 25.7 Å². The highest BCUT2D eigenvalue weighted by atomic mass is 19.1. The maximum Gasteiger partial charge on any atom is 0.231 e. The second-order valence-electron chi connectivity index (χ2n) is 11.9. The van der Waals surface area contributed by atoms with Gasteiger partial charge in [-0.25, -0.2) is 4.39 Å². The minimum absolute atomic E-state index is 0.000615. The lowest BCUT2D eigenvalue weighted by Gasteiger charge is -2.43. The average Bonchev–Trinajstić information content (AvgIpc) is 3.13. The average molecular weight is 538 g/mol. The Labute approximate surface area is 230 Å². The molecule has 2 fully saturated rings. The molecule has 210 valence electrons. The number of aryl methyl sites for hydroxylation is 1. The molecule has 2 N–H and O–H groups in total. The number of benzene rings is 2. The zero-order valence-electron chi connectivity index (χ0n) is 23.4. The number of carbonyl (C=O) groups excluding carboxylic acids is 3. The van der Waals surface area contributed by atoms with Gasteiger partial charge in [0.05, 0.1) is 30.1 Å². The van der Waals surface area contributed by atoms with Crippen molar-refractivity contribution in [3.8, 4) is 0 Å². The molecule has 2 aromatic rings. The third-order valence-electron chi connectivity index (χ3n) is 8.21. The fourth-order valence-electron chi connectivity index (χ4n) is 5.88. The van der Waals surface area contributed by atoms with Crippen LogP contribution in [0.4, 0.5) is 4.39 Å². The number of hydrogen-bond donors (Lipinski definition) is 1. The van der Waals surface area contributed by atoms with Crippen LogP contribution in [0.1, 0.15) is 55.7 Å². The Kier molecular flexibility index (Phi) is 8.57. The number of nitrogens with two attached hydrogens (primary N) is 1.